The highest BCUT2D eigenvalue weighted by atomic mass is 32.1. The van der Waals surface area contributed by atoms with Gasteiger partial charge in [-0.2, -0.15) is 0 Å². The Morgan fingerprint density at radius 3 is 1.67 bits per heavy atom. The van der Waals surface area contributed by atoms with Crippen LogP contribution in [-0.4, -0.2) is 23.0 Å². The van der Waals surface area contributed by atoms with Gasteiger partial charge in [0.2, 0.25) is 11.6 Å². The fraction of sp³-hybridized carbons (Fsp3) is 0.143. The lowest BCUT2D eigenvalue weighted by atomic mass is 9.82. The van der Waals surface area contributed by atoms with E-state index in [1.165, 1.54) is 11.3 Å². The van der Waals surface area contributed by atoms with Crippen LogP contribution >= 0.6 is 34.0 Å². The largest absolute Gasteiger partial charge is 0.287 e. The van der Waals surface area contributed by atoms with Crippen molar-refractivity contribution in [3.8, 4) is 21.9 Å². The molecule has 0 aliphatic heterocycles. The van der Waals surface area contributed by atoms with Crippen LogP contribution in [0.5, 0.6) is 0 Å². The second kappa shape index (κ2) is 11.9. The topological polar surface area (TPSA) is 115 Å². The zero-order chi connectivity index (χ0) is 40.6. The number of halogens is 4. The van der Waals surface area contributed by atoms with E-state index in [1.807, 2.05) is 26.0 Å². The summed E-state index contributed by atoms with van der Waals surface area (Å²) in [6.07, 6.45) is 1.86. The number of hydrogen-bond acceptors (Lipinski definition) is 9. The molecule has 274 valence electrons. The van der Waals surface area contributed by atoms with Crippen LogP contribution in [0.4, 0.5) is 22.6 Å². The van der Waals surface area contributed by atoms with E-state index in [2.05, 4.69) is 28.5 Å². The number of benzene rings is 2. The van der Waals surface area contributed by atoms with E-state index in [4.69, 9.17) is 18.1 Å². The van der Waals surface area contributed by atoms with E-state index in [0.29, 0.717) is 10.7 Å². The van der Waals surface area contributed by atoms with Gasteiger partial charge in [0.05, 0.1) is 50.1 Å². The van der Waals surface area contributed by atoms with Crippen LogP contribution in [0, 0.1) is 59.1 Å². The molecule has 0 spiro atoms. The quantitative estimate of drug-likeness (QED) is 0.100. The highest BCUT2D eigenvalue weighted by Gasteiger charge is 2.46. The molecule has 0 radical (unpaired) electrons. The van der Waals surface area contributed by atoms with Crippen LogP contribution in [0.2, 0.25) is 0 Å². The molecule has 5 aromatic rings. The molecule has 0 saturated carbocycles. The highest BCUT2D eigenvalue weighted by Crippen LogP contribution is 2.63. The average molecular weight is 811 g/mol. The lowest BCUT2D eigenvalue weighted by molar-refractivity contribution is 0.106. The molecule has 15 heteroatoms. The second-order valence-corrected chi connectivity index (χ2v) is 17.6. The fourth-order valence-corrected chi connectivity index (χ4v) is 12.8. The van der Waals surface area contributed by atoms with Crippen molar-refractivity contribution < 1.29 is 27.2 Å². The molecule has 3 heterocycles. The summed E-state index contributed by atoms with van der Waals surface area (Å²) < 4.78 is 59.2. The molecule has 0 saturated heterocycles. The van der Waals surface area contributed by atoms with E-state index >= 15 is 0 Å². The van der Waals surface area contributed by atoms with Crippen LogP contribution in [0.25, 0.3) is 46.1 Å². The van der Waals surface area contributed by atoms with E-state index in [-0.39, 0.29) is 44.8 Å². The minimum absolute atomic E-state index is 0.0688. The smallest absolute Gasteiger partial charge is 0.271 e. The fourth-order valence-electron chi connectivity index (χ4n) is 7.99. The van der Waals surface area contributed by atoms with Crippen LogP contribution in [0.1, 0.15) is 81.1 Å². The Kier molecular flexibility index (Phi) is 7.55. The third kappa shape index (κ3) is 4.71. The third-order valence-electron chi connectivity index (χ3n) is 10.7. The highest BCUT2D eigenvalue weighted by molar-refractivity contribution is 7.33. The summed E-state index contributed by atoms with van der Waals surface area (Å²) in [6.45, 7) is 23.1. The number of carbonyl (C=O) groups is 2. The maximum atomic E-state index is 14.4. The van der Waals surface area contributed by atoms with Gasteiger partial charge in [-0.3, -0.25) is 9.59 Å². The molecule has 0 N–H and O–H groups in total. The van der Waals surface area contributed by atoms with Crippen molar-refractivity contribution in [1.82, 2.24) is 0 Å². The van der Waals surface area contributed by atoms with Crippen LogP contribution in [0.3, 0.4) is 0 Å². The van der Waals surface area contributed by atoms with Crippen molar-refractivity contribution in [2.45, 2.75) is 38.5 Å². The van der Waals surface area contributed by atoms with Gasteiger partial charge in [0, 0.05) is 38.0 Å². The number of fused-ring (bicyclic) bond motifs is 9. The van der Waals surface area contributed by atoms with Gasteiger partial charge in [-0.1, -0.05) is 27.7 Å². The summed E-state index contributed by atoms with van der Waals surface area (Å²) in [5, 5.41) is 19.9. The van der Waals surface area contributed by atoms with Gasteiger partial charge in [0.25, 0.3) is 11.4 Å². The van der Waals surface area contributed by atoms with Gasteiger partial charge in [0.15, 0.2) is 23.3 Å². The standard InChI is InChI=1S/C42H18F4N6O2S3/c1-41(2)19-11-28(52-34-30(25(14-48)50-6)16-8-21(44)23(46)10-18(16)36(34)54)56-37(19)39-32(41)40-38(57-39)31-26(55-40)12-27(42(31,3)4)51-33-29(24(13-47)49-5)15-7-20(43)22(45)9-17(15)35(33)53/h7-12H,1-4H3/b29-24+,30-25?,51-33?,52-34?. The molecule has 4 aliphatic carbocycles. The number of thiophene rings is 3. The maximum absolute atomic E-state index is 14.4. The first-order valence-electron chi connectivity index (χ1n) is 16.8. The Labute approximate surface area is 332 Å². The molecule has 57 heavy (non-hydrogen) atoms. The summed E-state index contributed by atoms with van der Waals surface area (Å²) in [5.41, 5.74) is -0.0926. The molecule has 0 fully saturated rings. The summed E-state index contributed by atoms with van der Waals surface area (Å²) in [5.74, 6) is -6.39. The van der Waals surface area contributed by atoms with Crippen LogP contribution in [0.15, 0.2) is 57.4 Å². The number of nitrogens with zero attached hydrogens (tertiary/aromatic N) is 6. The van der Waals surface area contributed by atoms with Crippen LogP contribution in [-0.2, 0) is 10.8 Å². The zero-order valence-electron chi connectivity index (χ0n) is 29.7. The average Bonchev–Trinajstić information content (AvgIpc) is 4.00. The third-order valence-corrected chi connectivity index (χ3v) is 14.4. The van der Waals surface area contributed by atoms with Gasteiger partial charge in [-0.15, -0.1) is 34.0 Å². The molecule has 0 atom stereocenters. The Bertz CT molecular complexity index is 3180. The molecule has 2 aromatic carbocycles. The first-order chi connectivity index (χ1) is 27.1. The van der Waals surface area contributed by atoms with Gasteiger partial charge in [0.1, 0.15) is 16.4 Å². The second-order valence-electron chi connectivity index (χ2n) is 14.5. The lowest BCUT2D eigenvalue weighted by Gasteiger charge is -2.22. The monoisotopic (exact) mass is 810 g/mol. The van der Waals surface area contributed by atoms with Gasteiger partial charge in [-0.05, 0) is 64.2 Å². The Hall–Kier alpha value is -6.62. The Balaban J connectivity index is 1.14. The number of rotatable bonds is 2. The van der Waals surface area contributed by atoms with Crippen molar-refractivity contribution >= 4 is 88.6 Å². The normalized spacial score (nSPS) is 19.8. The summed E-state index contributed by atoms with van der Waals surface area (Å²) in [4.78, 5) is 45.8. The summed E-state index contributed by atoms with van der Waals surface area (Å²) in [7, 11) is 0. The van der Waals surface area contributed by atoms with E-state index < -0.39 is 57.1 Å². The number of nitriles is 2. The number of carbonyl (C=O) groups excluding carboxylic acids is 2. The van der Waals surface area contributed by atoms with Gasteiger partial charge < -0.3 is 0 Å². The molecule has 0 bridgehead atoms. The zero-order valence-corrected chi connectivity index (χ0v) is 32.1. The Morgan fingerprint density at radius 2 is 1.16 bits per heavy atom. The van der Waals surface area contributed by atoms with Crippen LogP contribution < -0.4 is 0 Å². The molecule has 0 unspecified atom stereocenters. The molecule has 8 nitrogen and oxygen atoms in total. The number of allylic oxidation sites excluding steroid dienone is 5. The van der Waals surface area contributed by atoms with Crippen molar-refractivity contribution in [3.05, 3.63) is 137 Å². The number of aliphatic imine (C=N–C) groups is 2. The first-order valence-corrected chi connectivity index (χ1v) is 19.3. The van der Waals surface area contributed by atoms with Crippen molar-refractivity contribution in [2.75, 3.05) is 0 Å². The van der Waals surface area contributed by atoms with Gasteiger partial charge in [-0.25, -0.2) is 47.8 Å². The predicted octanol–water partition coefficient (Wildman–Crippen LogP) is 11.1. The minimum Gasteiger partial charge on any atom is -0.287 e. The number of Topliss-reactive ketones (excluding diaryl/α,β-unsaturated/α-hetero) is 2. The number of ketones is 2. The molecular formula is C42H18F4N6O2S3. The van der Waals surface area contributed by atoms with Crippen molar-refractivity contribution in [2.24, 2.45) is 9.98 Å². The number of hydrogen-bond donors (Lipinski definition) is 0. The molecular weight excluding hydrogens is 793 g/mol. The minimum atomic E-state index is -1.24. The van der Waals surface area contributed by atoms with Crippen molar-refractivity contribution in [3.63, 3.8) is 0 Å². The van der Waals surface area contributed by atoms with Crippen molar-refractivity contribution in [1.29, 1.82) is 10.5 Å². The van der Waals surface area contributed by atoms with E-state index in [9.17, 15) is 37.7 Å². The summed E-state index contributed by atoms with van der Waals surface area (Å²) in [6, 6.07) is 8.49. The van der Waals surface area contributed by atoms with E-state index in [0.717, 1.165) is 65.0 Å². The Morgan fingerprint density at radius 1 is 0.667 bits per heavy atom. The van der Waals surface area contributed by atoms with E-state index in [1.54, 1.807) is 34.8 Å². The predicted molar refractivity (Wildman–Crippen MR) is 210 cm³/mol. The molecule has 9 rings (SSSR count). The molecule has 4 aliphatic rings. The maximum Gasteiger partial charge on any atom is 0.271 e. The SMILES string of the molecule is [C-]#[N+]C(C#N)=C1C(=Nc2cc3c(s2)-c2sc4c5c(sc4c2C3(C)C)C=C(N=C2C(=O)c3cc(F)c(F)cc3/C2=C(/C#N)[N+]#[C-])C5(C)C)C(=O)c2cc(F)c(F)cc21. The summed E-state index contributed by atoms with van der Waals surface area (Å²) >= 11 is 4.43. The van der Waals surface area contributed by atoms with Gasteiger partial charge >= 0.3 is 0 Å². The molecule has 0 amide bonds. The lowest BCUT2D eigenvalue weighted by Crippen LogP contribution is -2.18. The first kappa shape index (κ1) is 36.0. The molecule has 3 aromatic heterocycles.